The van der Waals surface area contributed by atoms with E-state index in [9.17, 15) is 4.79 Å². The number of carbonyl (C=O) groups is 1. The molecule has 0 bridgehead atoms. The highest BCUT2D eigenvalue weighted by Crippen LogP contribution is 2.49. The van der Waals surface area contributed by atoms with Crippen molar-refractivity contribution in [2.24, 2.45) is 5.41 Å². The number of nitrogens with one attached hydrogen (secondary N) is 1. The zero-order valence-corrected chi connectivity index (χ0v) is 12.9. The molecule has 0 atom stereocenters. The van der Waals surface area contributed by atoms with Gasteiger partial charge in [0.15, 0.2) is 5.78 Å². The third-order valence-corrected chi connectivity index (χ3v) is 7.03. The minimum atomic E-state index is 0.236. The molecule has 1 aromatic heterocycles. The zero-order valence-electron chi connectivity index (χ0n) is 12.1. The number of thiazole rings is 1. The van der Waals surface area contributed by atoms with Crippen LogP contribution in [0.15, 0.2) is 0 Å². The van der Waals surface area contributed by atoms with E-state index in [-0.39, 0.29) is 10.8 Å². The van der Waals surface area contributed by atoms with Crippen LogP contribution < -0.4 is 5.32 Å². The van der Waals surface area contributed by atoms with Crippen molar-refractivity contribution in [3.63, 3.8) is 0 Å². The van der Waals surface area contributed by atoms with Gasteiger partial charge in [-0.3, -0.25) is 4.79 Å². The lowest BCUT2D eigenvalue weighted by atomic mass is 9.69. The molecule has 108 valence electrons. The maximum absolute atomic E-state index is 12.5. The Morgan fingerprint density at radius 3 is 2.55 bits per heavy atom. The standard InChI is InChI=1S/C16H22N2OS/c1-15(3-2-4-15)14-18-13-11(19)9-16(10-12(13)20-14)5-7-17-8-6-16/h17H,2-10H2,1H3. The van der Waals surface area contributed by atoms with Crippen LogP contribution in [0.1, 0.15) is 65.8 Å². The van der Waals surface area contributed by atoms with E-state index in [0.29, 0.717) is 5.78 Å². The van der Waals surface area contributed by atoms with Gasteiger partial charge in [-0.1, -0.05) is 13.3 Å². The minimum absolute atomic E-state index is 0.236. The number of ketones is 1. The van der Waals surface area contributed by atoms with E-state index < -0.39 is 0 Å². The van der Waals surface area contributed by atoms with Gasteiger partial charge in [-0.15, -0.1) is 11.3 Å². The van der Waals surface area contributed by atoms with Crippen LogP contribution in [-0.4, -0.2) is 23.9 Å². The van der Waals surface area contributed by atoms with E-state index in [2.05, 4.69) is 12.2 Å². The Morgan fingerprint density at radius 2 is 1.90 bits per heavy atom. The van der Waals surface area contributed by atoms with Gasteiger partial charge in [0.05, 0.1) is 5.01 Å². The number of hydrogen-bond acceptors (Lipinski definition) is 4. The van der Waals surface area contributed by atoms with E-state index in [4.69, 9.17) is 4.98 Å². The van der Waals surface area contributed by atoms with Crippen LogP contribution >= 0.6 is 11.3 Å². The molecule has 0 amide bonds. The highest BCUT2D eigenvalue weighted by molar-refractivity contribution is 7.12. The molecule has 1 aliphatic heterocycles. The fraction of sp³-hybridized carbons (Fsp3) is 0.750. The maximum atomic E-state index is 12.5. The first kappa shape index (κ1) is 13.0. The average Bonchev–Trinajstić information content (AvgIpc) is 2.81. The van der Waals surface area contributed by atoms with Crippen LogP contribution in [0.3, 0.4) is 0 Å². The van der Waals surface area contributed by atoms with Gasteiger partial charge < -0.3 is 5.32 Å². The summed E-state index contributed by atoms with van der Waals surface area (Å²) in [6, 6.07) is 0. The summed E-state index contributed by atoms with van der Waals surface area (Å²) in [7, 11) is 0. The van der Waals surface area contributed by atoms with E-state index in [1.807, 2.05) is 11.3 Å². The number of aromatic nitrogens is 1. The predicted molar refractivity (Wildman–Crippen MR) is 80.5 cm³/mol. The van der Waals surface area contributed by atoms with Crippen molar-refractivity contribution in [2.75, 3.05) is 13.1 Å². The monoisotopic (exact) mass is 290 g/mol. The fourth-order valence-electron chi connectivity index (χ4n) is 4.01. The van der Waals surface area contributed by atoms with Crippen molar-refractivity contribution < 1.29 is 4.79 Å². The Labute approximate surface area is 124 Å². The van der Waals surface area contributed by atoms with Crippen molar-refractivity contribution >= 4 is 17.1 Å². The molecule has 3 aliphatic rings. The molecule has 1 saturated heterocycles. The number of Topliss-reactive ketones (excluding diaryl/α,β-unsaturated/α-hetero) is 1. The number of fused-ring (bicyclic) bond motifs is 1. The number of hydrogen-bond donors (Lipinski definition) is 1. The third kappa shape index (κ3) is 1.88. The topological polar surface area (TPSA) is 42.0 Å². The molecule has 0 aromatic carbocycles. The second-order valence-corrected chi connectivity index (χ2v) is 8.32. The lowest BCUT2D eigenvalue weighted by Gasteiger charge is -2.39. The summed E-state index contributed by atoms with van der Waals surface area (Å²) < 4.78 is 0. The highest BCUT2D eigenvalue weighted by Gasteiger charge is 2.43. The molecule has 2 fully saturated rings. The van der Waals surface area contributed by atoms with Crippen molar-refractivity contribution in [1.82, 2.24) is 10.3 Å². The van der Waals surface area contributed by atoms with E-state index in [1.165, 1.54) is 29.1 Å². The van der Waals surface area contributed by atoms with Gasteiger partial charge in [-0.2, -0.15) is 0 Å². The number of carbonyl (C=O) groups excluding carboxylic acids is 1. The fourth-order valence-corrected chi connectivity index (χ4v) is 5.46. The Balaban J connectivity index is 1.68. The van der Waals surface area contributed by atoms with Crippen molar-refractivity contribution in [1.29, 1.82) is 0 Å². The van der Waals surface area contributed by atoms with E-state index in [0.717, 1.165) is 44.5 Å². The van der Waals surface area contributed by atoms with Crippen molar-refractivity contribution in [3.8, 4) is 0 Å². The van der Waals surface area contributed by atoms with Gasteiger partial charge in [-0.25, -0.2) is 4.98 Å². The summed E-state index contributed by atoms with van der Waals surface area (Å²) in [4.78, 5) is 18.6. The van der Waals surface area contributed by atoms with Gasteiger partial charge in [-0.05, 0) is 50.6 Å². The second kappa shape index (κ2) is 4.38. The number of nitrogens with zero attached hydrogens (tertiary/aromatic N) is 1. The zero-order chi connectivity index (χ0) is 13.8. The summed E-state index contributed by atoms with van der Waals surface area (Å²) >= 11 is 1.84. The third-order valence-electron chi connectivity index (χ3n) is 5.67. The first-order valence-corrected chi connectivity index (χ1v) is 8.66. The molecule has 0 radical (unpaired) electrons. The molecule has 2 aliphatic carbocycles. The summed E-state index contributed by atoms with van der Waals surface area (Å²) in [6.07, 6.45) is 7.88. The normalized spacial score (nSPS) is 27.1. The Hall–Kier alpha value is -0.740. The molecule has 0 unspecified atom stereocenters. The highest BCUT2D eigenvalue weighted by atomic mass is 32.1. The van der Waals surface area contributed by atoms with Crippen LogP contribution in [-0.2, 0) is 11.8 Å². The van der Waals surface area contributed by atoms with Gasteiger partial charge >= 0.3 is 0 Å². The van der Waals surface area contributed by atoms with Gasteiger partial charge in [0.2, 0.25) is 0 Å². The molecule has 2 heterocycles. The summed E-state index contributed by atoms with van der Waals surface area (Å²) in [5.41, 5.74) is 1.32. The van der Waals surface area contributed by atoms with Crippen LogP contribution in [0.2, 0.25) is 0 Å². The largest absolute Gasteiger partial charge is 0.317 e. The molecule has 4 heteroatoms. The molecule has 3 nitrogen and oxygen atoms in total. The van der Waals surface area contributed by atoms with E-state index >= 15 is 0 Å². The first-order chi connectivity index (χ1) is 9.60. The van der Waals surface area contributed by atoms with Gasteiger partial charge in [0.1, 0.15) is 5.69 Å². The summed E-state index contributed by atoms with van der Waals surface area (Å²) in [5.74, 6) is 0.304. The average molecular weight is 290 g/mol. The molecule has 1 N–H and O–H groups in total. The molecular weight excluding hydrogens is 268 g/mol. The minimum Gasteiger partial charge on any atom is -0.317 e. The van der Waals surface area contributed by atoms with Crippen LogP contribution in [0.5, 0.6) is 0 Å². The molecule has 1 spiro atoms. The maximum Gasteiger partial charge on any atom is 0.182 e. The van der Waals surface area contributed by atoms with Gasteiger partial charge in [0.25, 0.3) is 0 Å². The number of rotatable bonds is 1. The SMILES string of the molecule is CC1(c2nc3c(s2)CC2(CCNCC2)CC3=O)CCC1. The summed E-state index contributed by atoms with van der Waals surface area (Å²) in [6.45, 7) is 4.43. The Bertz CT molecular complexity index is 553. The molecule has 1 saturated carbocycles. The smallest absolute Gasteiger partial charge is 0.182 e. The lowest BCUT2D eigenvalue weighted by Crippen LogP contribution is -2.41. The molecular formula is C16H22N2OS. The van der Waals surface area contributed by atoms with E-state index in [1.54, 1.807) is 0 Å². The molecule has 1 aromatic rings. The molecule has 20 heavy (non-hydrogen) atoms. The Morgan fingerprint density at radius 1 is 1.15 bits per heavy atom. The lowest BCUT2D eigenvalue weighted by molar-refractivity contribution is 0.0833. The first-order valence-electron chi connectivity index (χ1n) is 7.85. The molecule has 4 rings (SSSR count). The second-order valence-electron chi connectivity index (χ2n) is 7.23. The van der Waals surface area contributed by atoms with Crippen molar-refractivity contribution in [3.05, 3.63) is 15.6 Å². The van der Waals surface area contributed by atoms with Crippen LogP contribution in [0.25, 0.3) is 0 Å². The summed E-state index contributed by atoms with van der Waals surface area (Å²) in [5, 5.41) is 4.65. The van der Waals surface area contributed by atoms with Crippen molar-refractivity contribution in [2.45, 2.75) is 57.3 Å². The number of piperidine rings is 1. The van der Waals surface area contributed by atoms with Gasteiger partial charge in [0, 0.05) is 16.7 Å². The predicted octanol–water partition coefficient (Wildman–Crippen LogP) is 3.08. The van der Waals surface area contributed by atoms with Crippen LogP contribution in [0.4, 0.5) is 0 Å². The Kier molecular flexibility index (Phi) is 2.84. The quantitative estimate of drug-likeness (QED) is 0.864. The van der Waals surface area contributed by atoms with Crippen LogP contribution in [0, 0.1) is 5.41 Å².